The molecule has 0 saturated heterocycles. The highest BCUT2D eigenvalue weighted by molar-refractivity contribution is 5.85. The van der Waals surface area contributed by atoms with Crippen molar-refractivity contribution in [2.24, 2.45) is 17.6 Å². The van der Waals surface area contributed by atoms with Crippen LogP contribution in [0.4, 0.5) is 0 Å². The van der Waals surface area contributed by atoms with Gasteiger partial charge in [-0.25, -0.2) is 0 Å². The van der Waals surface area contributed by atoms with Crippen LogP contribution in [0.25, 0.3) is 0 Å². The first-order valence-corrected chi connectivity index (χ1v) is 7.22. The second kappa shape index (κ2) is 7.34. The van der Waals surface area contributed by atoms with Gasteiger partial charge in [0.1, 0.15) is 0 Å². The van der Waals surface area contributed by atoms with Crippen molar-refractivity contribution >= 4 is 18.3 Å². The Morgan fingerprint density at radius 3 is 2.50 bits per heavy atom. The Morgan fingerprint density at radius 1 is 1.11 bits per heavy atom. The van der Waals surface area contributed by atoms with Crippen molar-refractivity contribution in [3.63, 3.8) is 0 Å². The highest BCUT2D eigenvalue weighted by Gasteiger charge is 2.29. The summed E-state index contributed by atoms with van der Waals surface area (Å²) in [5.41, 5.74) is 5.94. The van der Waals surface area contributed by atoms with Gasteiger partial charge in [0.05, 0.1) is 0 Å². The molecular weight excluding hydrogens is 248 g/mol. The van der Waals surface area contributed by atoms with Gasteiger partial charge in [-0.3, -0.25) is 4.79 Å². The lowest BCUT2D eigenvalue weighted by molar-refractivity contribution is -0.127. The summed E-state index contributed by atoms with van der Waals surface area (Å²) in [5, 5.41) is 3.26. The molecule has 0 radical (unpaired) electrons. The van der Waals surface area contributed by atoms with E-state index in [0.717, 1.165) is 32.1 Å². The number of rotatable bonds is 2. The van der Waals surface area contributed by atoms with Gasteiger partial charge in [0.15, 0.2) is 0 Å². The monoisotopic (exact) mass is 274 g/mol. The van der Waals surface area contributed by atoms with Gasteiger partial charge in [-0.1, -0.05) is 26.2 Å². The lowest BCUT2D eigenvalue weighted by Crippen LogP contribution is -2.45. The maximum atomic E-state index is 12.2. The quantitative estimate of drug-likeness (QED) is 0.813. The van der Waals surface area contributed by atoms with Crippen molar-refractivity contribution in [3.05, 3.63) is 0 Å². The van der Waals surface area contributed by atoms with E-state index in [1.165, 1.54) is 19.3 Å². The van der Waals surface area contributed by atoms with Crippen molar-refractivity contribution in [1.82, 2.24) is 5.32 Å². The first kappa shape index (κ1) is 15.8. The average molecular weight is 275 g/mol. The molecule has 0 spiro atoms. The van der Waals surface area contributed by atoms with Crippen LogP contribution in [-0.2, 0) is 4.79 Å². The molecule has 2 rings (SSSR count). The van der Waals surface area contributed by atoms with Gasteiger partial charge in [0, 0.05) is 18.0 Å². The lowest BCUT2D eigenvalue weighted by atomic mass is 9.83. The van der Waals surface area contributed by atoms with E-state index in [1.54, 1.807) is 0 Å². The average Bonchev–Trinajstić information content (AvgIpc) is 2.32. The second-order valence-corrected chi connectivity index (χ2v) is 6.00. The zero-order chi connectivity index (χ0) is 12.3. The van der Waals surface area contributed by atoms with Crippen LogP contribution in [0.2, 0.25) is 0 Å². The minimum Gasteiger partial charge on any atom is -0.353 e. The van der Waals surface area contributed by atoms with Gasteiger partial charge >= 0.3 is 0 Å². The first-order valence-electron chi connectivity index (χ1n) is 7.22. The second-order valence-electron chi connectivity index (χ2n) is 6.00. The standard InChI is InChI=1S/C14H26N2O.ClH/c1-10-5-2-3-8-13(10)16-14(17)11-6-4-7-12(15)9-11;/h10-13H,2-9,15H2,1H3,(H,16,17);1H. The van der Waals surface area contributed by atoms with E-state index in [-0.39, 0.29) is 30.3 Å². The zero-order valence-electron chi connectivity index (χ0n) is 11.4. The summed E-state index contributed by atoms with van der Waals surface area (Å²) in [7, 11) is 0. The molecular formula is C14H27ClN2O. The van der Waals surface area contributed by atoms with Crippen molar-refractivity contribution in [2.45, 2.75) is 70.4 Å². The maximum Gasteiger partial charge on any atom is 0.223 e. The number of nitrogens with two attached hydrogens (primary N) is 1. The van der Waals surface area contributed by atoms with Crippen molar-refractivity contribution in [3.8, 4) is 0 Å². The Bertz CT molecular complexity index is 273. The largest absolute Gasteiger partial charge is 0.353 e. The zero-order valence-corrected chi connectivity index (χ0v) is 12.2. The lowest BCUT2D eigenvalue weighted by Gasteiger charge is -2.32. The SMILES string of the molecule is CC1CCCCC1NC(=O)C1CCCC(N)C1.Cl. The van der Waals surface area contributed by atoms with Gasteiger partial charge < -0.3 is 11.1 Å². The maximum absolute atomic E-state index is 12.2. The van der Waals surface area contributed by atoms with Crippen LogP contribution < -0.4 is 11.1 Å². The van der Waals surface area contributed by atoms with Gasteiger partial charge in [-0.2, -0.15) is 0 Å². The third-order valence-corrected chi connectivity index (χ3v) is 4.52. The molecule has 3 nitrogen and oxygen atoms in total. The normalized spacial score (nSPS) is 36.6. The molecule has 4 atom stereocenters. The van der Waals surface area contributed by atoms with Crippen LogP contribution in [0.15, 0.2) is 0 Å². The molecule has 0 aromatic heterocycles. The Morgan fingerprint density at radius 2 is 1.83 bits per heavy atom. The topological polar surface area (TPSA) is 55.1 Å². The number of hydrogen-bond acceptors (Lipinski definition) is 2. The number of nitrogens with one attached hydrogen (secondary N) is 1. The molecule has 0 aromatic carbocycles. The van der Waals surface area contributed by atoms with Crippen molar-refractivity contribution in [2.75, 3.05) is 0 Å². The molecule has 1 amide bonds. The molecule has 0 aromatic rings. The fourth-order valence-corrected chi connectivity index (χ4v) is 3.30. The minimum absolute atomic E-state index is 0. The molecule has 2 aliphatic carbocycles. The number of hydrogen-bond donors (Lipinski definition) is 2. The fourth-order valence-electron chi connectivity index (χ4n) is 3.30. The van der Waals surface area contributed by atoms with Crippen LogP contribution in [0, 0.1) is 11.8 Å². The van der Waals surface area contributed by atoms with E-state index in [4.69, 9.17) is 5.73 Å². The van der Waals surface area contributed by atoms with E-state index in [9.17, 15) is 4.79 Å². The van der Waals surface area contributed by atoms with Crippen LogP contribution in [0.5, 0.6) is 0 Å². The van der Waals surface area contributed by atoms with E-state index >= 15 is 0 Å². The van der Waals surface area contributed by atoms with Crippen molar-refractivity contribution < 1.29 is 4.79 Å². The van der Waals surface area contributed by atoms with Gasteiger partial charge in [0.25, 0.3) is 0 Å². The number of carbonyl (C=O) groups is 1. The highest BCUT2D eigenvalue weighted by atomic mass is 35.5. The summed E-state index contributed by atoms with van der Waals surface area (Å²) in [6, 6.07) is 0.651. The molecule has 0 heterocycles. The summed E-state index contributed by atoms with van der Waals surface area (Å²) < 4.78 is 0. The third-order valence-electron chi connectivity index (χ3n) is 4.52. The number of amides is 1. The fraction of sp³-hybridized carbons (Fsp3) is 0.929. The molecule has 2 saturated carbocycles. The Balaban J connectivity index is 0.00000162. The molecule has 4 heteroatoms. The summed E-state index contributed by atoms with van der Waals surface area (Å²) in [6.07, 6.45) is 9.11. The molecule has 2 aliphatic rings. The van der Waals surface area contributed by atoms with Gasteiger partial charge in [-0.05, 0) is 38.0 Å². The van der Waals surface area contributed by atoms with E-state index < -0.39 is 0 Å². The Kier molecular flexibility index (Phi) is 6.44. The Hall–Kier alpha value is -0.280. The van der Waals surface area contributed by atoms with Crippen LogP contribution >= 0.6 is 12.4 Å². The number of halogens is 1. The summed E-state index contributed by atoms with van der Waals surface area (Å²) in [6.45, 7) is 2.26. The summed E-state index contributed by atoms with van der Waals surface area (Å²) in [4.78, 5) is 12.2. The van der Waals surface area contributed by atoms with Gasteiger partial charge in [-0.15, -0.1) is 12.4 Å². The Labute approximate surface area is 117 Å². The third kappa shape index (κ3) is 4.13. The molecule has 2 fully saturated rings. The smallest absolute Gasteiger partial charge is 0.223 e. The summed E-state index contributed by atoms with van der Waals surface area (Å²) in [5.74, 6) is 1.08. The highest BCUT2D eigenvalue weighted by Crippen LogP contribution is 2.26. The van der Waals surface area contributed by atoms with E-state index in [1.807, 2.05) is 0 Å². The van der Waals surface area contributed by atoms with E-state index in [0.29, 0.717) is 12.0 Å². The molecule has 18 heavy (non-hydrogen) atoms. The molecule has 4 unspecified atom stereocenters. The van der Waals surface area contributed by atoms with Crippen molar-refractivity contribution in [1.29, 1.82) is 0 Å². The van der Waals surface area contributed by atoms with Crippen LogP contribution in [0.1, 0.15) is 58.3 Å². The van der Waals surface area contributed by atoms with E-state index in [2.05, 4.69) is 12.2 Å². The molecule has 0 bridgehead atoms. The van der Waals surface area contributed by atoms with Gasteiger partial charge in [0.2, 0.25) is 5.91 Å². The predicted octanol–water partition coefficient (Wildman–Crippen LogP) is 2.62. The molecule has 106 valence electrons. The van der Waals surface area contributed by atoms with Crippen LogP contribution in [0.3, 0.4) is 0 Å². The predicted molar refractivity (Wildman–Crippen MR) is 76.7 cm³/mol. The minimum atomic E-state index is 0. The molecule has 3 N–H and O–H groups in total. The number of carbonyl (C=O) groups excluding carboxylic acids is 1. The van der Waals surface area contributed by atoms with Crippen LogP contribution in [-0.4, -0.2) is 18.0 Å². The first-order chi connectivity index (χ1) is 8.16. The summed E-state index contributed by atoms with van der Waals surface area (Å²) >= 11 is 0. The molecule has 0 aliphatic heterocycles.